The topological polar surface area (TPSA) is 63.2 Å². The number of hydrogen-bond donors (Lipinski definition) is 0. The van der Waals surface area contributed by atoms with Crippen molar-refractivity contribution >= 4 is 17.4 Å². The Morgan fingerprint density at radius 3 is 1.54 bits per heavy atom. The summed E-state index contributed by atoms with van der Waals surface area (Å²) in [6.45, 7) is 3.96. The predicted molar refractivity (Wildman–Crippen MR) is 224 cm³/mol. The van der Waals surface area contributed by atoms with E-state index in [0.29, 0.717) is 37.9 Å². The van der Waals surface area contributed by atoms with Gasteiger partial charge in [-0.3, -0.25) is 4.79 Å². The number of rotatable bonds is 18. The van der Waals surface area contributed by atoms with Crippen molar-refractivity contribution < 1.29 is 28.5 Å². The Balaban J connectivity index is 1.28. The molecule has 1 aliphatic carbocycles. The van der Waals surface area contributed by atoms with E-state index in [1.165, 1.54) is 0 Å². The van der Waals surface area contributed by atoms with E-state index in [4.69, 9.17) is 35.3 Å². The molecule has 6 aromatic rings. The molecule has 0 N–H and O–H groups in total. The van der Waals surface area contributed by atoms with Crippen LogP contribution in [0.2, 0.25) is 5.02 Å². The highest BCUT2D eigenvalue weighted by Crippen LogP contribution is 2.41. The summed E-state index contributed by atoms with van der Waals surface area (Å²) in [7, 11) is 0. The number of halogens is 1. The Labute approximate surface area is 341 Å². The van der Waals surface area contributed by atoms with Gasteiger partial charge in [-0.15, -0.1) is 0 Å². The Morgan fingerprint density at radius 1 is 0.526 bits per heavy atom. The third kappa shape index (κ3) is 10.9. The van der Waals surface area contributed by atoms with Gasteiger partial charge in [-0.2, -0.15) is 0 Å². The predicted octanol–water partition coefficient (Wildman–Crippen LogP) is 10.6. The number of carbonyl (C=O) groups is 1. The molecule has 0 spiro atoms. The average Bonchev–Trinajstić information content (AvgIpc) is 3.25. The first-order valence-electron chi connectivity index (χ1n) is 19.7. The lowest BCUT2D eigenvalue weighted by Gasteiger charge is -2.45. The molecule has 0 unspecified atom stereocenters. The van der Waals surface area contributed by atoms with E-state index in [1.807, 2.05) is 165 Å². The fraction of sp³-hybridized carbons (Fsp3) is 0.260. The van der Waals surface area contributed by atoms with Gasteiger partial charge in [0.25, 0.3) is 0 Å². The van der Waals surface area contributed by atoms with Crippen LogP contribution in [0.25, 0.3) is 0 Å². The minimum Gasteiger partial charge on any atom is -0.494 e. The normalized spacial score (nSPS) is 19.3. The van der Waals surface area contributed by atoms with Gasteiger partial charge in [0.05, 0.1) is 57.6 Å². The van der Waals surface area contributed by atoms with Gasteiger partial charge in [0.1, 0.15) is 18.0 Å². The Morgan fingerprint density at radius 2 is 1.02 bits per heavy atom. The Hall–Kier alpha value is -5.08. The van der Waals surface area contributed by atoms with Crippen LogP contribution in [0.4, 0.5) is 0 Å². The van der Waals surface area contributed by atoms with Crippen LogP contribution in [-0.2, 0) is 56.6 Å². The molecule has 0 bridgehead atoms. The van der Waals surface area contributed by atoms with Crippen LogP contribution in [0.5, 0.6) is 5.75 Å². The lowest BCUT2D eigenvalue weighted by Crippen LogP contribution is -2.59. The quantitative estimate of drug-likeness (QED) is 0.0866. The molecule has 0 aliphatic heterocycles. The molecular formula is C50H49ClO6. The van der Waals surface area contributed by atoms with Gasteiger partial charge in [0.2, 0.25) is 0 Å². The van der Waals surface area contributed by atoms with Crippen molar-refractivity contribution in [2.45, 2.75) is 64.0 Å². The van der Waals surface area contributed by atoms with E-state index < -0.39 is 30.1 Å². The van der Waals surface area contributed by atoms with Crippen LogP contribution in [0.3, 0.4) is 0 Å². The second-order valence-electron chi connectivity index (χ2n) is 14.4. The molecule has 0 aromatic heterocycles. The second kappa shape index (κ2) is 20.4. The molecule has 0 saturated heterocycles. The molecule has 6 aromatic carbocycles. The van der Waals surface area contributed by atoms with Gasteiger partial charge in [0.15, 0.2) is 5.78 Å². The van der Waals surface area contributed by atoms with Crippen LogP contribution < -0.4 is 4.74 Å². The summed E-state index contributed by atoms with van der Waals surface area (Å²) in [6, 6.07) is 54.0. The van der Waals surface area contributed by atoms with Crippen molar-refractivity contribution in [3.8, 4) is 5.75 Å². The van der Waals surface area contributed by atoms with E-state index in [1.54, 1.807) is 0 Å². The molecule has 292 valence electrons. The lowest BCUT2D eigenvalue weighted by molar-refractivity contribution is -0.200. The molecule has 0 heterocycles. The molecule has 0 radical (unpaired) electrons. The van der Waals surface area contributed by atoms with Crippen LogP contribution in [0.15, 0.2) is 164 Å². The van der Waals surface area contributed by atoms with Gasteiger partial charge in [0, 0.05) is 5.02 Å². The maximum absolute atomic E-state index is 15.3. The van der Waals surface area contributed by atoms with Gasteiger partial charge in [-0.05, 0) is 70.5 Å². The summed E-state index contributed by atoms with van der Waals surface area (Å²) in [5.41, 5.74) is 6.83. The molecule has 5 atom stereocenters. The number of benzene rings is 6. The molecule has 57 heavy (non-hydrogen) atoms. The van der Waals surface area contributed by atoms with Crippen LogP contribution >= 0.6 is 11.6 Å². The highest BCUT2D eigenvalue weighted by atomic mass is 35.5. The Kier molecular flexibility index (Phi) is 14.3. The summed E-state index contributed by atoms with van der Waals surface area (Å²) < 4.78 is 32.8. The SMILES string of the molecule is CCOc1ccc(Cc2cc([C@@H]3C(=O)[C@H](COCc4ccccc4)[C@@H](OCc4ccccc4)[C@H](OCc4ccccc4)[C@H]3OCc3ccccc3)ccc2Cl)cc1. The van der Waals surface area contributed by atoms with E-state index in [0.717, 1.165) is 44.7 Å². The van der Waals surface area contributed by atoms with E-state index in [9.17, 15) is 0 Å². The first kappa shape index (κ1) is 40.1. The average molecular weight is 781 g/mol. The summed E-state index contributed by atoms with van der Waals surface area (Å²) in [5, 5.41) is 0.626. The smallest absolute Gasteiger partial charge is 0.151 e. The maximum atomic E-state index is 15.3. The first-order valence-corrected chi connectivity index (χ1v) is 20.1. The zero-order chi connectivity index (χ0) is 39.2. The molecule has 0 amide bonds. The van der Waals surface area contributed by atoms with Crippen molar-refractivity contribution in [1.29, 1.82) is 0 Å². The number of ketones is 1. The molecule has 1 saturated carbocycles. The second-order valence-corrected chi connectivity index (χ2v) is 14.8. The molecule has 7 heteroatoms. The summed E-state index contributed by atoms with van der Waals surface area (Å²) in [5.74, 6) is -0.566. The van der Waals surface area contributed by atoms with Gasteiger partial charge < -0.3 is 23.7 Å². The van der Waals surface area contributed by atoms with Crippen LogP contribution in [0, 0.1) is 5.92 Å². The van der Waals surface area contributed by atoms with Crippen LogP contribution in [0.1, 0.15) is 51.8 Å². The largest absolute Gasteiger partial charge is 0.494 e. The highest BCUT2D eigenvalue weighted by Gasteiger charge is 2.53. The van der Waals surface area contributed by atoms with Crippen molar-refractivity contribution in [2.24, 2.45) is 5.92 Å². The van der Waals surface area contributed by atoms with E-state index in [-0.39, 0.29) is 19.0 Å². The number of Topliss-reactive ketones (excluding diaryl/α,β-unsaturated/α-hetero) is 1. The van der Waals surface area contributed by atoms with Crippen molar-refractivity contribution in [3.05, 3.63) is 208 Å². The zero-order valence-corrected chi connectivity index (χ0v) is 33.0. The summed E-state index contributed by atoms with van der Waals surface area (Å²) >= 11 is 6.90. The van der Waals surface area contributed by atoms with E-state index >= 15 is 4.79 Å². The number of ether oxygens (including phenoxy) is 5. The minimum atomic E-state index is -0.702. The highest BCUT2D eigenvalue weighted by molar-refractivity contribution is 6.31. The zero-order valence-electron chi connectivity index (χ0n) is 32.3. The van der Waals surface area contributed by atoms with Crippen molar-refractivity contribution in [3.63, 3.8) is 0 Å². The first-order chi connectivity index (χ1) is 28.1. The van der Waals surface area contributed by atoms with Crippen LogP contribution in [-0.4, -0.2) is 37.3 Å². The minimum absolute atomic E-state index is 0.0203. The van der Waals surface area contributed by atoms with Gasteiger partial charge in [-0.1, -0.05) is 157 Å². The third-order valence-corrected chi connectivity index (χ3v) is 10.7. The fourth-order valence-electron chi connectivity index (χ4n) is 7.47. The standard InChI is InChI=1S/C50H49ClO6/c1-2-54-43-26-23-36(24-27-43)29-42-30-41(25-28-45(42)51)46-47(52)44(35-53-31-37-15-7-3-8-16-37)48(55-32-38-17-9-4-10-18-38)50(57-34-40-21-13-6-14-22-40)49(46)56-33-39-19-11-5-12-20-39/h3-28,30,44,46,48-50H,2,29,31-35H2,1H3/t44-,46+,48+,49-,50-/m0/s1. The van der Waals surface area contributed by atoms with Crippen molar-refractivity contribution in [1.82, 2.24) is 0 Å². The lowest BCUT2D eigenvalue weighted by atomic mass is 9.71. The number of hydrogen-bond acceptors (Lipinski definition) is 6. The number of carbonyl (C=O) groups excluding carboxylic acids is 1. The molecular weight excluding hydrogens is 732 g/mol. The van der Waals surface area contributed by atoms with E-state index in [2.05, 4.69) is 6.07 Å². The summed E-state index contributed by atoms with van der Waals surface area (Å²) in [4.78, 5) is 15.3. The maximum Gasteiger partial charge on any atom is 0.151 e. The van der Waals surface area contributed by atoms with Gasteiger partial charge >= 0.3 is 0 Å². The third-order valence-electron chi connectivity index (χ3n) is 10.4. The molecule has 1 aliphatic rings. The van der Waals surface area contributed by atoms with Gasteiger partial charge in [-0.25, -0.2) is 0 Å². The fourth-order valence-corrected chi connectivity index (χ4v) is 7.66. The monoisotopic (exact) mass is 780 g/mol. The molecule has 7 rings (SSSR count). The van der Waals surface area contributed by atoms with Crippen molar-refractivity contribution in [2.75, 3.05) is 13.2 Å². The summed E-state index contributed by atoms with van der Waals surface area (Å²) in [6.07, 6.45) is -1.44. The molecule has 1 fully saturated rings. The Bertz CT molecular complexity index is 2110. The molecule has 6 nitrogen and oxygen atoms in total.